The third-order valence-electron chi connectivity index (χ3n) is 5.72. The molecule has 182 valence electrons. The maximum Gasteiger partial charge on any atom is 0.253 e. The minimum Gasteiger partial charge on any atom is -0.593 e. The Balaban J connectivity index is 1.68. The molecule has 0 aliphatic carbocycles. The molecular formula is C21H24FN4O6S2+. The summed E-state index contributed by atoms with van der Waals surface area (Å²) >= 11 is 0. The topological polar surface area (TPSA) is 141 Å². The van der Waals surface area contributed by atoms with Crippen LogP contribution in [-0.4, -0.2) is 61.3 Å². The van der Waals surface area contributed by atoms with Crippen LogP contribution in [0.15, 0.2) is 47.4 Å². The molecule has 3 aromatic rings. The Morgan fingerprint density at radius 1 is 1.15 bits per heavy atom. The van der Waals surface area contributed by atoms with Crippen LogP contribution < -0.4 is 4.72 Å². The molecule has 1 aliphatic rings. The highest BCUT2D eigenvalue weighted by Crippen LogP contribution is 2.35. The molecule has 1 fully saturated rings. The number of hydrogen-bond donors (Lipinski definition) is 1. The quantitative estimate of drug-likeness (QED) is 0.492. The summed E-state index contributed by atoms with van der Waals surface area (Å²) in [6, 6.07) is 9.08. The average Bonchev–Trinajstić information content (AvgIpc) is 3.27. The Morgan fingerprint density at radius 3 is 2.47 bits per heavy atom. The highest BCUT2D eigenvalue weighted by atomic mass is 32.2. The molecule has 3 N–H and O–H groups in total. The van der Waals surface area contributed by atoms with E-state index in [1.807, 2.05) is 11.6 Å². The number of benzene rings is 2. The number of sulfonamides is 2. The molecule has 1 amide bonds. The summed E-state index contributed by atoms with van der Waals surface area (Å²) in [4.78, 5) is 12.3. The summed E-state index contributed by atoms with van der Waals surface area (Å²) < 4.78 is 67.9. The van der Waals surface area contributed by atoms with Crippen LogP contribution in [0.3, 0.4) is 0 Å². The zero-order valence-corrected chi connectivity index (χ0v) is 20.0. The molecule has 0 bridgehead atoms. The lowest BCUT2D eigenvalue weighted by Crippen LogP contribution is -2.31. The summed E-state index contributed by atoms with van der Waals surface area (Å²) in [6.45, 7) is 2.14. The van der Waals surface area contributed by atoms with Crippen LogP contribution in [0.2, 0.25) is 0 Å². The highest BCUT2D eigenvalue weighted by Gasteiger charge is 2.39. The summed E-state index contributed by atoms with van der Waals surface area (Å²) in [5, 5.41) is 12.5. The number of rotatable bonds is 6. The molecule has 1 aromatic heterocycles. The lowest BCUT2D eigenvalue weighted by molar-refractivity contribution is -0.118. The van der Waals surface area contributed by atoms with Crippen LogP contribution in [0.25, 0.3) is 10.9 Å². The van der Waals surface area contributed by atoms with Gasteiger partial charge in [0.2, 0.25) is 26.0 Å². The predicted molar refractivity (Wildman–Crippen MR) is 123 cm³/mol. The fourth-order valence-corrected chi connectivity index (χ4v) is 6.20. The van der Waals surface area contributed by atoms with Gasteiger partial charge in [-0.2, -0.15) is 9.40 Å². The summed E-state index contributed by atoms with van der Waals surface area (Å²) in [6.07, 6.45) is 0.522. The minimum atomic E-state index is -3.82. The van der Waals surface area contributed by atoms with Gasteiger partial charge in [-0.15, -0.1) is 0 Å². The van der Waals surface area contributed by atoms with Gasteiger partial charge in [0.05, 0.1) is 34.8 Å². The molecule has 2 aromatic carbocycles. The predicted octanol–water partition coefficient (Wildman–Crippen LogP) is 1.11. The van der Waals surface area contributed by atoms with Gasteiger partial charge in [0.1, 0.15) is 5.82 Å². The fourth-order valence-electron chi connectivity index (χ4n) is 4.15. The van der Waals surface area contributed by atoms with E-state index in [0.29, 0.717) is 10.9 Å². The smallest absolute Gasteiger partial charge is 0.253 e. The first-order valence-corrected chi connectivity index (χ1v) is 13.7. The van der Waals surface area contributed by atoms with Gasteiger partial charge in [-0.05, 0) is 36.2 Å². The van der Waals surface area contributed by atoms with E-state index in [1.54, 1.807) is 0 Å². The van der Waals surface area contributed by atoms with E-state index in [4.69, 9.17) is 5.11 Å². The number of nitrogens with one attached hydrogen (secondary N) is 1. The standard InChI is InChI=1S/C21H23FN4O6S2/c1-13-11-25(34(31,32)16-6-4-15(27)5-7-16)12-20(13)26-19-9-14(22)3-8-17(19)18(23-26)10-21(28)24-33(2,29)30/h3-9,13,20,27H,10-12H2,1-2H3,(H,24,28)/p+1/t13-,20+/m1/s1. The monoisotopic (exact) mass is 511 g/mol. The molecule has 34 heavy (non-hydrogen) atoms. The first kappa shape index (κ1) is 24.1. The van der Waals surface area contributed by atoms with Gasteiger partial charge in [-0.1, -0.05) is 6.92 Å². The number of fused-ring (bicyclic) bond motifs is 1. The van der Waals surface area contributed by atoms with Gasteiger partial charge in [0.15, 0.2) is 0 Å². The lowest BCUT2D eigenvalue weighted by atomic mass is 10.1. The van der Waals surface area contributed by atoms with Crippen molar-refractivity contribution >= 4 is 36.9 Å². The fraction of sp³-hybridized carbons (Fsp3) is 0.333. The number of amides is 1. The molecular weight excluding hydrogens is 487 g/mol. The van der Waals surface area contributed by atoms with Crippen LogP contribution in [0.5, 0.6) is 5.75 Å². The molecule has 0 unspecified atom stereocenters. The van der Waals surface area contributed by atoms with Crippen LogP contribution in [0.1, 0.15) is 18.7 Å². The van der Waals surface area contributed by atoms with Crippen molar-refractivity contribution in [1.29, 1.82) is 0 Å². The van der Waals surface area contributed by atoms with Gasteiger partial charge >= 0.3 is 0 Å². The van der Waals surface area contributed by atoms with Gasteiger partial charge in [0.25, 0.3) is 5.75 Å². The first-order chi connectivity index (χ1) is 15.8. The van der Waals surface area contributed by atoms with Crippen molar-refractivity contribution in [3.05, 3.63) is 54.0 Å². The molecule has 0 spiro atoms. The number of hydrogen-bond acceptors (Lipinski definition) is 6. The van der Waals surface area contributed by atoms with Gasteiger partial charge in [0, 0.05) is 30.6 Å². The number of halogens is 1. The third kappa shape index (κ3) is 4.76. The Kier molecular flexibility index (Phi) is 6.12. The number of aromatic nitrogens is 2. The van der Waals surface area contributed by atoms with E-state index >= 15 is 0 Å². The van der Waals surface area contributed by atoms with Crippen molar-refractivity contribution in [2.45, 2.75) is 24.3 Å². The number of carbonyl (C=O) groups is 1. The second kappa shape index (κ2) is 8.64. The molecule has 1 aliphatic heterocycles. The molecule has 4 rings (SSSR count). The molecule has 10 nitrogen and oxygen atoms in total. The van der Waals surface area contributed by atoms with Gasteiger partial charge in [-0.25, -0.2) is 21.2 Å². The van der Waals surface area contributed by atoms with E-state index < -0.39 is 37.8 Å². The van der Waals surface area contributed by atoms with Crippen LogP contribution in [-0.2, 0) is 31.3 Å². The Morgan fingerprint density at radius 2 is 1.82 bits per heavy atom. The van der Waals surface area contributed by atoms with Crippen molar-refractivity contribution in [1.82, 2.24) is 18.8 Å². The van der Waals surface area contributed by atoms with E-state index in [0.717, 1.165) is 6.26 Å². The zero-order valence-electron chi connectivity index (χ0n) is 18.4. The van der Waals surface area contributed by atoms with Crippen molar-refractivity contribution < 1.29 is 31.1 Å². The Bertz CT molecular complexity index is 1470. The van der Waals surface area contributed by atoms with Crippen molar-refractivity contribution in [3.8, 4) is 5.75 Å². The molecule has 2 heterocycles. The third-order valence-corrected chi connectivity index (χ3v) is 8.16. The minimum absolute atomic E-state index is 0.0749. The second-order valence-corrected chi connectivity index (χ2v) is 12.1. The molecule has 13 heteroatoms. The van der Waals surface area contributed by atoms with Crippen LogP contribution >= 0.6 is 0 Å². The molecule has 2 atom stereocenters. The van der Waals surface area contributed by atoms with E-state index in [9.17, 15) is 26.0 Å². The lowest BCUT2D eigenvalue weighted by Gasteiger charge is -2.17. The molecule has 0 saturated carbocycles. The van der Waals surface area contributed by atoms with Gasteiger partial charge < -0.3 is 5.11 Å². The normalized spacial score (nSPS) is 19.5. The molecule has 1 saturated heterocycles. The van der Waals surface area contributed by atoms with E-state index in [1.165, 1.54) is 51.5 Å². The average molecular weight is 512 g/mol. The van der Waals surface area contributed by atoms with E-state index in [-0.39, 0.29) is 41.8 Å². The molecule has 0 radical (unpaired) electrons. The Labute approximate surface area is 196 Å². The number of carbonyl (C=O) groups excluding carboxylic acids is 1. The number of nitrogens with zero attached hydrogens (tertiary/aromatic N) is 3. The zero-order chi connectivity index (χ0) is 24.8. The van der Waals surface area contributed by atoms with Gasteiger partial charge in [-0.3, -0.25) is 14.2 Å². The maximum absolute atomic E-state index is 14.1. The summed E-state index contributed by atoms with van der Waals surface area (Å²) in [5.74, 6) is -1.29. The van der Waals surface area contributed by atoms with Crippen molar-refractivity contribution in [3.63, 3.8) is 0 Å². The first-order valence-electron chi connectivity index (χ1n) is 10.3. The van der Waals surface area contributed by atoms with Crippen LogP contribution in [0, 0.1) is 11.7 Å². The summed E-state index contributed by atoms with van der Waals surface area (Å²) in [7, 11) is -7.57. The largest absolute Gasteiger partial charge is 0.593 e. The second-order valence-electron chi connectivity index (χ2n) is 8.42. The van der Waals surface area contributed by atoms with E-state index in [2.05, 4.69) is 5.10 Å². The van der Waals surface area contributed by atoms with Crippen LogP contribution in [0.4, 0.5) is 4.39 Å². The Hall–Kier alpha value is -3.03. The summed E-state index contributed by atoms with van der Waals surface area (Å²) in [5.41, 5.74) is 0.646. The SMILES string of the molecule is C[C@@H]1CN(S(=O)(=O)c2ccc([OH2+])cc2)C[C@@H]1n1nc(CC(=O)NS(C)(=O)=O)c2ccc(F)cc21. The van der Waals surface area contributed by atoms with Crippen molar-refractivity contribution in [2.24, 2.45) is 5.92 Å². The maximum atomic E-state index is 14.1. The van der Waals surface area contributed by atoms with Crippen molar-refractivity contribution in [2.75, 3.05) is 19.3 Å². The highest BCUT2D eigenvalue weighted by molar-refractivity contribution is 7.89.